The van der Waals surface area contributed by atoms with E-state index >= 15 is 0 Å². The van der Waals surface area contributed by atoms with Crippen LogP contribution in [0.15, 0.2) is 39.5 Å². The van der Waals surface area contributed by atoms with E-state index in [0.717, 1.165) is 0 Å². The molecule has 96 valence electrons. The number of phenols is 2. The minimum absolute atomic E-state index is 0.00716. The van der Waals surface area contributed by atoms with Crippen LogP contribution in [0.4, 0.5) is 0 Å². The summed E-state index contributed by atoms with van der Waals surface area (Å²) in [6.45, 7) is 0. The highest BCUT2D eigenvalue weighted by molar-refractivity contribution is 5.91. The van der Waals surface area contributed by atoms with Crippen LogP contribution < -0.4 is 10.2 Å². The molecule has 5 heteroatoms. The number of methoxy groups -OCH3 is 1. The third kappa shape index (κ3) is 1.67. The Balaban J connectivity index is 2.50. The highest BCUT2D eigenvalue weighted by Crippen LogP contribution is 2.31. The Morgan fingerprint density at radius 1 is 1.05 bits per heavy atom. The normalized spacial score (nSPS) is 11.0. The molecule has 3 aromatic rings. The van der Waals surface area contributed by atoms with E-state index in [0.29, 0.717) is 10.8 Å². The number of fused-ring (bicyclic) bond motifs is 2. The molecule has 3 rings (SSSR count). The van der Waals surface area contributed by atoms with Gasteiger partial charge in [-0.25, -0.2) is 0 Å². The predicted molar refractivity (Wildman–Crippen MR) is 69.9 cm³/mol. The molecule has 2 N–H and O–H groups in total. The van der Waals surface area contributed by atoms with Gasteiger partial charge in [-0.3, -0.25) is 4.79 Å². The summed E-state index contributed by atoms with van der Waals surface area (Å²) in [7, 11) is 1.40. The van der Waals surface area contributed by atoms with Crippen molar-refractivity contribution in [2.24, 2.45) is 0 Å². The largest absolute Gasteiger partial charge is 0.508 e. The number of phenolic OH excluding ortho intramolecular Hbond substituents is 2. The van der Waals surface area contributed by atoms with Gasteiger partial charge in [0.1, 0.15) is 16.9 Å². The van der Waals surface area contributed by atoms with Crippen LogP contribution in [-0.2, 0) is 0 Å². The predicted octanol–water partition coefficient (Wildman–Crippen LogP) is 2.37. The summed E-state index contributed by atoms with van der Waals surface area (Å²) in [5.74, 6) is 0.100. The van der Waals surface area contributed by atoms with E-state index in [1.807, 2.05) is 0 Å². The van der Waals surface area contributed by atoms with E-state index < -0.39 is 0 Å². The molecule has 0 saturated heterocycles. The van der Waals surface area contributed by atoms with Crippen LogP contribution in [0.5, 0.6) is 17.2 Å². The fourth-order valence-corrected chi connectivity index (χ4v) is 2.02. The molecule has 0 amide bonds. The van der Waals surface area contributed by atoms with Crippen LogP contribution in [0.2, 0.25) is 0 Å². The van der Waals surface area contributed by atoms with Crippen LogP contribution in [0.3, 0.4) is 0 Å². The van der Waals surface area contributed by atoms with Gasteiger partial charge in [0, 0.05) is 12.1 Å². The molecule has 0 aliphatic carbocycles. The van der Waals surface area contributed by atoms with Crippen molar-refractivity contribution < 1.29 is 19.4 Å². The van der Waals surface area contributed by atoms with E-state index in [1.165, 1.54) is 37.4 Å². The van der Waals surface area contributed by atoms with Gasteiger partial charge in [0.25, 0.3) is 0 Å². The first-order valence-electron chi connectivity index (χ1n) is 5.56. The topological polar surface area (TPSA) is 79.9 Å². The lowest BCUT2D eigenvalue weighted by molar-refractivity contribution is 0.374. The fourth-order valence-electron chi connectivity index (χ4n) is 2.02. The highest BCUT2D eigenvalue weighted by atomic mass is 16.5. The van der Waals surface area contributed by atoms with Crippen molar-refractivity contribution >= 4 is 21.9 Å². The lowest BCUT2D eigenvalue weighted by Crippen LogP contribution is -2.02. The third-order valence-corrected chi connectivity index (χ3v) is 2.96. The smallest absolute Gasteiger partial charge is 0.200 e. The molecule has 19 heavy (non-hydrogen) atoms. The lowest BCUT2D eigenvalue weighted by Gasteiger charge is -2.06. The molecule has 0 aliphatic rings. The number of ether oxygens (including phenoxy) is 1. The molecule has 0 fully saturated rings. The standard InChI is InChI=1S/C14H10O5/c1-18-13-5-9-12(6-10(13)16)19-11-4-7(15)2-3-8(11)14(9)17/h2-6,15-16H,1H3. The fraction of sp³-hybridized carbons (Fsp3) is 0.0714. The number of rotatable bonds is 1. The summed E-state index contributed by atoms with van der Waals surface area (Å²) in [4.78, 5) is 12.3. The second kappa shape index (κ2) is 3.91. The van der Waals surface area contributed by atoms with Crippen molar-refractivity contribution in [2.45, 2.75) is 0 Å². The number of hydrogen-bond donors (Lipinski definition) is 2. The van der Waals surface area contributed by atoms with Crippen molar-refractivity contribution in [3.05, 3.63) is 40.6 Å². The molecule has 0 bridgehead atoms. The molecule has 1 heterocycles. The minimum Gasteiger partial charge on any atom is -0.508 e. The van der Waals surface area contributed by atoms with Gasteiger partial charge < -0.3 is 19.4 Å². The van der Waals surface area contributed by atoms with Crippen LogP contribution >= 0.6 is 0 Å². The average Bonchev–Trinajstić information content (AvgIpc) is 2.38. The quantitative estimate of drug-likeness (QED) is 0.655. The zero-order valence-corrected chi connectivity index (χ0v) is 10.0. The second-order valence-corrected chi connectivity index (χ2v) is 4.13. The van der Waals surface area contributed by atoms with Crippen LogP contribution in [0.25, 0.3) is 21.9 Å². The molecule has 2 aromatic carbocycles. The maximum absolute atomic E-state index is 12.3. The van der Waals surface area contributed by atoms with Crippen LogP contribution in [0.1, 0.15) is 0 Å². The molecular weight excluding hydrogens is 248 g/mol. The molecule has 0 radical (unpaired) electrons. The van der Waals surface area contributed by atoms with Crippen molar-refractivity contribution in [1.82, 2.24) is 0 Å². The van der Waals surface area contributed by atoms with Crippen molar-refractivity contribution in [3.63, 3.8) is 0 Å². The van der Waals surface area contributed by atoms with E-state index in [4.69, 9.17) is 9.15 Å². The maximum Gasteiger partial charge on any atom is 0.200 e. The Labute approximate surface area is 107 Å². The zero-order chi connectivity index (χ0) is 13.6. The number of benzene rings is 2. The monoisotopic (exact) mass is 258 g/mol. The highest BCUT2D eigenvalue weighted by Gasteiger charge is 2.12. The van der Waals surface area contributed by atoms with Gasteiger partial charge in [0.15, 0.2) is 11.5 Å². The van der Waals surface area contributed by atoms with Gasteiger partial charge in [0.2, 0.25) is 5.43 Å². The third-order valence-electron chi connectivity index (χ3n) is 2.96. The van der Waals surface area contributed by atoms with Gasteiger partial charge in [-0.15, -0.1) is 0 Å². The summed E-state index contributed by atoms with van der Waals surface area (Å²) >= 11 is 0. The molecule has 5 nitrogen and oxygen atoms in total. The molecule has 0 saturated carbocycles. The average molecular weight is 258 g/mol. The van der Waals surface area contributed by atoms with Gasteiger partial charge in [-0.05, 0) is 18.2 Å². The number of hydrogen-bond acceptors (Lipinski definition) is 5. The summed E-state index contributed by atoms with van der Waals surface area (Å²) in [6, 6.07) is 7.03. The first kappa shape index (κ1) is 11.4. The first-order chi connectivity index (χ1) is 9.10. The van der Waals surface area contributed by atoms with Gasteiger partial charge in [-0.2, -0.15) is 0 Å². The lowest BCUT2D eigenvalue weighted by atomic mass is 10.1. The SMILES string of the molecule is COc1cc2c(=O)c3ccc(O)cc3oc2cc1O. The Morgan fingerprint density at radius 3 is 2.53 bits per heavy atom. The molecule has 0 atom stereocenters. The Hall–Kier alpha value is -2.69. The van der Waals surface area contributed by atoms with E-state index in [1.54, 1.807) is 0 Å². The first-order valence-corrected chi connectivity index (χ1v) is 5.56. The van der Waals surface area contributed by atoms with Gasteiger partial charge >= 0.3 is 0 Å². The van der Waals surface area contributed by atoms with E-state index in [2.05, 4.69) is 0 Å². The number of aromatic hydroxyl groups is 2. The second-order valence-electron chi connectivity index (χ2n) is 4.13. The Kier molecular flexibility index (Phi) is 2.35. The molecule has 1 aromatic heterocycles. The van der Waals surface area contributed by atoms with Crippen molar-refractivity contribution in [3.8, 4) is 17.2 Å². The minimum atomic E-state index is -0.241. The van der Waals surface area contributed by atoms with Gasteiger partial charge in [-0.1, -0.05) is 0 Å². The molecule has 0 unspecified atom stereocenters. The van der Waals surface area contributed by atoms with E-state index in [9.17, 15) is 15.0 Å². The van der Waals surface area contributed by atoms with Crippen LogP contribution in [-0.4, -0.2) is 17.3 Å². The summed E-state index contributed by atoms with van der Waals surface area (Å²) in [6.07, 6.45) is 0. The Morgan fingerprint density at radius 2 is 1.79 bits per heavy atom. The van der Waals surface area contributed by atoms with Crippen LogP contribution in [0, 0.1) is 0 Å². The van der Waals surface area contributed by atoms with E-state index in [-0.39, 0.29) is 33.8 Å². The zero-order valence-electron chi connectivity index (χ0n) is 10.0. The van der Waals surface area contributed by atoms with Gasteiger partial charge in [0.05, 0.1) is 17.9 Å². The van der Waals surface area contributed by atoms with Crippen molar-refractivity contribution in [2.75, 3.05) is 7.11 Å². The maximum atomic E-state index is 12.3. The summed E-state index contributed by atoms with van der Waals surface area (Å²) < 4.78 is 10.5. The Bertz CT molecular complexity index is 848. The molecular formula is C14H10O5. The summed E-state index contributed by atoms with van der Waals surface area (Å²) in [5, 5.41) is 19.8. The molecule has 0 aliphatic heterocycles. The summed E-state index contributed by atoms with van der Waals surface area (Å²) in [5.41, 5.74) is 0.262. The molecule has 0 spiro atoms. The van der Waals surface area contributed by atoms with Crippen molar-refractivity contribution in [1.29, 1.82) is 0 Å².